The summed E-state index contributed by atoms with van der Waals surface area (Å²) >= 11 is 0. The third kappa shape index (κ3) is 8.40. The second-order valence-corrected chi connectivity index (χ2v) is 8.07. The molecular formula is C21H27NO7S. The zero-order valence-electron chi connectivity index (χ0n) is 17.3. The Kier molecular flexibility index (Phi) is 9.10. The van der Waals surface area contributed by atoms with E-state index in [1.165, 1.54) is 7.11 Å². The Balaban J connectivity index is 1.83. The minimum atomic E-state index is -3.53. The minimum absolute atomic E-state index is 0.280. The predicted molar refractivity (Wildman–Crippen MR) is 112 cm³/mol. The van der Waals surface area contributed by atoms with Gasteiger partial charge < -0.3 is 13.7 Å². The molecule has 0 aliphatic rings. The number of benzene rings is 2. The predicted octanol–water partition coefficient (Wildman–Crippen LogP) is 2.27. The topological polar surface area (TPSA) is 100 Å². The van der Waals surface area contributed by atoms with Crippen LogP contribution in [0, 0.1) is 0 Å². The number of hydrogen-bond acceptors (Lipinski definition) is 7. The van der Waals surface area contributed by atoms with Gasteiger partial charge in [0.05, 0.1) is 20.0 Å². The van der Waals surface area contributed by atoms with Crippen molar-refractivity contribution in [2.75, 3.05) is 26.6 Å². The molecule has 0 aliphatic carbocycles. The molecule has 0 saturated carbocycles. The van der Waals surface area contributed by atoms with E-state index >= 15 is 0 Å². The van der Waals surface area contributed by atoms with E-state index in [-0.39, 0.29) is 11.7 Å². The molecule has 0 aliphatic heterocycles. The minimum Gasteiger partial charge on any atom is -0.493 e. The summed E-state index contributed by atoms with van der Waals surface area (Å²) in [4.78, 5) is 16.6. The molecule has 0 aromatic heterocycles. The van der Waals surface area contributed by atoms with Crippen LogP contribution in [-0.2, 0) is 37.3 Å². The van der Waals surface area contributed by atoms with Crippen molar-refractivity contribution in [3.63, 3.8) is 0 Å². The van der Waals surface area contributed by atoms with Crippen molar-refractivity contribution in [3.05, 3.63) is 59.7 Å². The van der Waals surface area contributed by atoms with Gasteiger partial charge in [-0.3, -0.25) is 9.63 Å². The first kappa shape index (κ1) is 23.7. The molecule has 0 spiro atoms. The Morgan fingerprint density at radius 3 is 2.17 bits per heavy atom. The normalized spacial score (nSPS) is 12.2. The molecular weight excluding hydrogens is 410 g/mol. The van der Waals surface area contributed by atoms with Crippen LogP contribution in [0.1, 0.15) is 18.1 Å². The summed E-state index contributed by atoms with van der Waals surface area (Å²) in [5.41, 5.74) is 4.23. The van der Waals surface area contributed by atoms with Crippen LogP contribution in [0.2, 0.25) is 0 Å². The second kappa shape index (κ2) is 11.5. The van der Waals surface area contributed by atoms with E-state index < -0.39 is 16.2 Å². The van der Waals surface area contributed by atoms with Crippen LogP contribution in [0.5, 0.6) is 11.5 Å². The fourth-order valence-electron chi connectivity index (χ4n) is 2.70. The Morgan fingerprint density at radius 2 is 1.60 bits per heavy atom. The van der Waals surface area contributed by atoms with Gasteiger partial charge >= 0.3 is 10.1 Å². The smallest absolute Gasteiger partial charge is 0.306 e. The quantitative estimate of drug-likeness (QED) is 0.402. The molecule has 0 radical (unpaired) electrons. The molecule has 2 aromatic rings. The van der Waals surface area contributed by atoms with Crippen LogP contribution in [0.3, 0.4) is 0 Å². The van der Waals surface area contributed by atoms with Gasteiger partial charge in [0, 0.05) is 19.4 Å². The summed E-state index contributed by atoms with van der Waals surface area (Å²) < 4.78 is 38.3. The Bertz CT molecular complexity index is 896. The van der Waals surface area contributed by atoms with Crippen LogP contribution in [0.4, 0.5) is 0 Å². The van der Waals surface area contributed by atoms with Gasteiger partial charge in [-0.1, -0.05) is 24.3 Å². The lowest BCUT2D eigenvalue weighted by Crippen LogP contribution is -2.37. The zero-order chi connectivity index (χ0) is 22.0. The number of nitrogens with one attached hydrogen (secondary N) is 1. The molecule has 2 rings (SSSR count). The second-order valence-electron chi connectivity index (χ2n) is 6.49. The summed E-state index contributed by atoms with van der Waals surface area (Å²) in [6.07, 6.45) is 1.46. The number of hydrogen-bond donors (Lipinski definition) is 1. The summed E-state index contributed by atoms with van der Waals surface area (Å²) in [6.45, 7) is 2.71. The summed E-state index contributed by atoms with van der Waals surface area (Å²) in [5, 5.41) is 0. The first-order chi connectivity index (χ1) is 14.3. The molecule has 2 aromatic carbocycles. The van der Waals surface area contributed by atoms with Gasteiger partial charge in [-0.2, -0.15) is 8.42 Å². The highest BCUT2D eigenvalue weighted by Gasteiger charge is 2.19. The third-order valence-corrected chi connectivity index (χ3v) is 4.53. The van der Waals surface area contributed by atoms with Gasteiger partial charge in [-0.25, -0.2) is 5.48 Å². The maximum atomic E-state index is 11.9. The molecule has 9 heteroatoms. The van der Waals surface area contributed by atoms with Crippen molar-refractivity contribution in [1.29, 1.82) is 0 Å². The van der Waals surface area contributed by atoms with Gasteiger partial charge in [0.15, 0.2) is 0 Å². The van der Waals surface area contributed by atoms with E-state index in [1.54, 1.807) is 24.3 Å². The SMILES string of the molecule is CCO[C@H](Cc1ccc(OCCc2ccc(OS(C)(=O)=O)cc2)cc1)C(=O)NOC. The molecule has 164 valence electrons. The zero-order valence-corrected chi connectivity index (χ0v) is 18.1. The lowest BCUT2D eigenvalue weighted by Gasteiger charge is -2.16. The van der Waals surface area contributed by atoms with Crippen molar-refractivity contribution in [2.45, 2.75) is 25.9 Å². The number of ether oxygens (including phenoxy) is 2. The van der Waals surface area contributed by atoms with Crippen LogP contribution in [-0.4, -0.2) is 47.0 Å². The van der Waals surface area contributed by atoms with Gasteiger partial charge in [0.2, 0.25) is 0 Å². The largest absolute Gasteiger partial charge is 0.493 e. The molecule has 0 heterocycles. The number of amides is 1. The van der Waals surface area contributed by atoms with E-state index in [2.05, 4.69) is 10.3 Å². The van der Waals surface area contributed by atoms with Crippen molar-refractivity contribution < 1.29 is 31.7 Å². The van der Waals surface area contributed by atoms with E-state index in [1.807, 2.05) is 31.2 Å². The Morgan fingerprint density at radius 1 is 1.00 bits per heavy atom. The average molecular weight is 438 g/mol. The lowest BCUT2D eigenvalue weighted by molar-refractivity contribution is -0.143. The van der Waals surface area contributed by atoms with Crippen LogP contribution < -0.4 is 14.4 Å². The molecule has 1 N–H and O–H groups in total. The van der Waals surface area contributed by atoms with Gasteiger partial charge in [0.25, 0.3) is 5.91 Å². The summed E-state index contributed by atoms with van der Waals surface area (Å²) in [6, 6.07) is 14.3. The molecule has 0 saturated heterocycles. The Labute approximate surface area is 177 Å². The number of carbonyl (C=O) groups excluding carboxylic acids is 1. The number of hydroxylamine groups is 1. The lowest BCUT2D eigenvalue weighted by atomic mass is 10.1. The highest BCUT2D eigenvalue weighted by molar-refractivity contribution is 7.86. The van der Waals surface area contributed by atoms with Crippen molar-refractivity contribution in [3.8, 4) is 11.5 Å². The average Bonchev–Trinajstić information content (AvgIpc) is 2.69. The number of rotatable bonds is 12. The highest BCUT2D eigenvalue weighted by Crippen LogP contribution is 2.17. The standard InChI is InChI=1S/C21H27NO7S/c1-4-27-20(21(23)22-26-2)15-17-7-9-18(10-8-17)28-14-13-16-5-11-19(12-6-16)29-30(3,24)25/h5-12,20H,4,13-15H2,1-3H3,(H,22,23)/t20-/m1/s1. The fraction of sp³-hybridized carbons (Fsp3) is 0.381. The molecule has 0 unspecified atom stereocenters. The summed E-state index contributed by atoms with van der Waals surface area (Å²) in [5.74, 6) is 0.667. The van der Waals surface area contributed by atoms with E-state index in [0.717, 1.165) is 17.4 Å². The van der Waals surface area contributed by atoms with Gasteiger partial charge in [-0.15, -0.1) is 0 Å². The van der Waals surface area contributed by atoms with E-state index in [4.69, 9.17) is 13.7 Å². The van der Waals surface area contributed by atoms with Crippen LogP contribution in [0.15, 0.2) is 48.5 Å². The van der Waals surface area contributed by atoms with Crippen molar-refractivity contribution in [2.24, 2.45) is 0 Å². The van der Waals surface area contributed by atoms with Crippen LogP contribution in [0.25, 0.3) is 0 Å². The van der Waals surface area contributed by atoms with E-state index in [0.29, 0.717) is 31.8 Å². The Hall–Kier alpha value is -2.62. The van der Waals surface area contributed by atoms with Crippen molar-refractivity contribution >= 4 is 16.0 Å². The summed E-state index contributed by atoms with van der Waals surface area (Å²) in [7, 11) is -2.15. The molecule has 1 amide bonds. The third-order valence-electron chi connectivity index (χ3n) is 4.04. The monoisotopic (exact) mass is 437 g/mol. The van der Waals surface area contributed by atoms with Gasteiger partial charge in [0.1, 0.15) is 17.6 Å². The number of carbonyl (C=O) groups is 1. The fourth-order valence-corrected chi connectivity index (χ4v) is 3.16. The van der Waals surface area contributed by atoms with E-state index in [9.17, 15) is 13.2 Å². The molecule has 0 fully saturated rings. The highest BCUT2D eigenvalue weighted by atomic mass is 32.2. The van der Waals surface area contributed by atoms with Crippen LogP contribution >= 0.6 is 0 Å². The van der Waals surface area contributed by atoms with Crippen molar-refractivity contribution in [1.82, 2.24) is 5.48 Å². The molecule has 8 nitrogen and oxygen atoms in total. The molecule has 30 heavy (non-hydrogen) atoms. The molecule has 1 atom stereocenters. The maximum Gasteiger partial charge on any atom is 0.306 e. The maximum absolute atomic E-state index is 11.9. The van der Waals surface area contributed by atoms with Gasteiger partial charge in [-0.05, 0) is 42.3 Å². The molecule has 0 bridgehead atoms. The first-order valence-electron chi connectivity index (χ1n) is 9.45. The first-order valence-corrected chi connectivity index (χ1v) is 11.3.